The van der Waals surface area contributed by atoms with Crippen LogP contribution in [-0.2, 0) is 4.79 Å². The largest absolute Gasteiger partial charge is 0.333 e. The molecule has 3 rings (SSSR count). The molecule has 2 aromatic carbocycles. The van der Waals surface area contributed by atoms with Gasteiger partial charge in [-0.2, -0.15) is 0 Å². The summed E-state index contributed by atoms with van der Waals surface area (Å²) in [6.07, 6.45) is 0.118. The highest BCUT2D eigenvalue weighted by atomic mass is 19.1. The summed E-state index contributed by atoms with van der Waals surface area (Å²) in [5.41, 5.74) is 0.772. The van der Waals surface area contributed by atoms with E-state index < -0.39 is 23.7 Å². The van der Waals surface area contributed by atoms with Gasteiger partial charge in [0.1, 0.15) is 11.6 Å². The zero-order valence-electron chi connectivity index (χ0n) is 12.6. The van der Waals surface area contributed by atoms with Crippen molar-refractivity contribution in [1.82, 2.24) is 5.32 Å². The molecule has 7 heteroatoms. The first kappa shape index (κ1) is 15.9. The van der Waals surface area contributed by atoms with Crippen LogP contribution in [0.1, 0.15) is 6.42 Å². The van der Waals surface area contributed by atoms with Gasteiger partial charge in [0, 0.05) is 24.3 Å². The van der Waals surface area contributed by atoms with Gasteiger partial charge in [0.05, 0.1) is 6.04 Å². The number of carbonyl (C=O) groups excluding carboxylic acids is 2. The van der Waals surface area contributed by atoms with Crippen LogP contribution in [0.5, 0.6) is 0 Å². The Morgan fingerprint density at radius 3 is 2.50 bits per heavy atom. The van der Waals surface area contributed by atoms with Crippen LogP contribution in [0.25, 0.3) is 0 Å². The zero-order chi connectivity index (χ0) is 17.1. The third-order valence-corrected chi connectivity index (χ3v) is 3.66. The van der Waals surface area contributed by atoms with Gasteiger partial charge >= 0.3 is 6.03 Å². The first-order valence-corrected chi connectivity index (χ1v) is 7.40. The van der Waals surface area contributed by atoms with E-state index in [9.17, 15) is 18.4 Å². The second kappa shape index (κ2) is 6.66. The molecular formula is C17H15F2N3O2. The van der Waals surface area contributed by atoms with Gasteiger partial charge in [0.2, 0.25) is 5.91 Å². The summed E-state index contributed by atoms with van der Waals surface area (Å²) < 4.78 is 26.4. The Hall–Kier alpha value is -2.96. The molecule has 0 aromatic heterocycles. The van der Waals surface area contributed by atoms with Crippen molar-refractivity contribution in [2.45, 2.75) is 12.5 Å². The molecule has 24 heavy (non-hydrogen) atoms. The molecule has 1 fully saturated rings. The molecule has 0 aliphatic carbocycles. The normalized spacial score (nSPS) is 17.0. The van der Waals surface area contributed by atoms with E-state index in [1.165, 1.54) is 41.3 Å². The van der Waals surface area contributed by atoms with Crippen LogP contribution >= 0.6 is 0 Å². The van der Waals surface area contributed by atoms with E-state index in [-0.39, 0.29) is 18.9 Å². The van der Waals surface area contributed by atoms with Crippen molar-refractivity contribution in [2.24, 2.45) is 0 Å². The van der Waals surface area contributed by atoms with Crippen molar-refractivity contribution in [3.05, 3.63) is 60.2 Å². The monoisotopic (exact) mass is 331 g/mol. The number of halogens is 2. The summed E-state index contributed by atoms with van der Waals surface area (Å²) in [6.45, 7) is 0.249. The summed E-state index contributed by atoms with van der Waals surface area (Å²) in [5.74, 6) is -1.08. The third kappa shape index (κ3) is 3.68. The molecule has 1 saturated heterocycles. The molecule has 1 atom stereocenters. The number of hydrogen-bond acceptors (Lipinski definition) is 2. The number of nitrogens with zero attached hydrogens (tertiary/aromatic N) is 1. The molecule has 5 nitrogen and oxygen atoms in total. The van der Waals surface area contributed by atoms with Crippen LogP contribution in [0.15, 0.2) is 48.5 Å². The Labute approximate surface area is 137 Å². The number of nitrogens with one attached hydrogen (secondary N) is 2. The topological polar surface area (TPSA) is 61.4 Å². The van der Waals surface area contributed by atoms with Crippen LogP contribution in [0.2, 0.25) is 0 Å². The fourth-order valence-corrected chi connectivity index (χ4v) is 2.62. The zero-order valence-corrected chi connectivity index (χ0v) is 12.6. The van der Waals surface area contributed by atoms with Crippen molar-refractivity contribution < 1.29 is 18.4 Å². The molecule has 124 valence electrons. The highest BCUT2D eigenvalue weighted by Crippen LogP contribution is 2.22. The van der Waals surface area contributed by atoms with Crippen molar-refractivity contribution in [3.63, 3.8) is 0 Å². The Balaban J connectivity index is 1.61. The lowest BCUT2D eigenvalue weighted by Gasteiger charge is -2.17. The lowest BCUT2D eigenvalue weighted by Crippen LogP contribution is -2.39. The number of carbonyl (C=O) groups is 2. The van der Waals surface area contributed by atoms with Crippen LogP contribution in [-0.4, -0.2) is 24.5 Å². The average Bonchev–Trinajstić information content (AvgIpc) is 2.87. The Morgan fingerprint density at radius 1 is 1.08 bits per heavy atom. The Kier molecular flexibility index (Phi) is 4.41. The molecule has 3 amide bonds. The number of anilines is 2. The van der Waals surface area contributed by atoms with Gasteiger partial charge in [-0.25, -0.2) is 13.6 Å². The Morgan fingerprint density at radius 2 is 1.79 bits per heavy atom. The van der Waals surface area contributed by atoms with Crippen LogP contribution in [0, 0.1) is 11.6 Å². The predicted molar refractivity (Wildman–Crippen MR) is 85.7 cm³/mol. The molecule has 2 aromatic rings. The number of amides is 3. The van der Waals surface area contributed by atoms with E-state index in [1.54, 1.807) is 12.1 Å². The maximum Gasteiger partial charge on any atom is 0.319 e. The van der Waals surface area contributed by atoms with Crippen molar-refractivity contribution in [3.8, 4) is 0 Å². The van der Waals surface area contributed by atoms with E-state index in [0.717, 1.165) is 0 Å². The maximum absolute atomic E-state index is 13.3. The minimum absolute atomic E-state index is 0.118. The number of hydrogen-bond donors (Lipinski definition) is 2. The second-order valence-electron chi connectivity index (χ2n) is 5.49. The molecule has 2 N–H and O–H groups in total. The number of rotatable bonds is 3. The van der Waals surface area contributed by atoms with Gasteiger partial charge in [-0.05, 0) is 36.4 Å². The number of benzene rings is 2. The highest BCUT2D eigenvalue weighted by molar-refractivity contribution is 5.97. The first-order chi connectivity index (χ1) is 11.5. The van der Waals surface area contributed by atoms with E-state index in [4.69, 9.17) is 0 Å². The predicted octanol–water partition coefficient (Wildman–Crippen LogP) is 2.89. The summed E-state index contributed by atoms with van der Waals surface area (Å²) in [5, 5.41) is 5.17. The van der Waals surface area contributed by atoms with E-state index in [1.807, 2.05) is 0 Å². The van der Waals surface area contributed by atoms with Crippen LogP contribution < -0.4 is 15.5 Å². The lowest BCUT2D eigenvalue weighted by molar-refractivity contribution is -0.117. The summed E-state index contributed by atoms with van der Waals surface area (Å²) in [6, 6.07) is 10.3. The Bertz CT molecular complexity index is 782. The van der Waals surface area contributed by atoms with Crippen molar-refractivity contribution >= 4 is 23.3 Å². The fraction of sp³-hybridized carbons (Fsp3) is 0.176. The van der Waals surface area contributed by atoms with Crippen LogP contribution in [0.4, 0.5) is 25.0 Å². The summed E-state index contributed by atoms with van der Waals surface area (Å²) in [7, 11) is 0. The smallest absolute Gasteiger partial charge is 0.319 e. The first-order valence-electron chi connectivity index (χ1n) is 7.40. The molecule has 0 radical (unpaired) electrons. The minimum Gasteiger partial charge on any atom is -0.333 e. The standard InChI is InChI=1S/C17H15F2N3O2/c18-11-3-1-5-13(7-11)20-17(24)21-14-9-16(23)22(10-14)15-6-2-4-12(19)8-15/h1-8,14H,9-10H2,(H2,20,21,24)/t14-/m0/s1. The molecule has 0 unspecified atom stereocenters. The molecule has 1 aliphatic rings. The molecule has 0 spiro atoms. The maximum atomic E-state index is 13.3. The third-order valence-electron chi connectivity index (χ3n) is 3.66. The number of urea groups is 1. The summed E-state index contributed by atoms with van der Waals surface area (Å²) >= 11 is 0. The molecule has 1 aliphatic heterocycles. The van der Waals surface area contributed by atoms with E-state index in [0.29, 0.717) is 11.4 Å². The molecule has 1 heterocycles. The van der Waals surface area contributed by atoms with Crippen LogP contribution in [0.3, 0.4) is 0 Å². The minimum atomic E-state index is -0.528. The van der Waals surface area contributed by atoms with Crippen molar-refractivity contribution in [2.75, 3.05) is 16.8 Å². The second-order valence-corrected chi connectivity index (χ2v) is 5.49. The van der Waals surface area contributed by atoms with E-state index >= 15 is 0 Å². The molecule has 0 saturated carbocycles. The van der Waals surface area contributed by atoms with Gasteiger partial charge in [0.15, 0.2) is 0 Å². The van der Waals surface area contributed by atoms with Crippen molar-refractivity contribution in [1.29, 1.82) is 0 Å². The quantitative estimate of drug-likeness (QED) is 0.908. The SMILES string of the molecule is O=C(Nc1cccc(F)c1)N[C@H]1CC(=O)N(c2cccc(F)c2)C1. The van der Waals surface area contributed by atoms with Gasteiger partial charge in [-0.3, -0.25) is 4.79 Å². The van der Waals surface area contributed by atoms with Gasteiger partial charge in [-0.1, -0.05) is 12.1 Å². The van der Waals surface area contributed by atoms with Gasteiger partial charge in [-0.15, -0.1) is 0 Å². The van der Waals surface area contributed by atoms with Gasteiger partial charge < -0.3 is 15.5 Å². The molecular weight excluding hydrogens is 316 g/mol. The highest BCUT2D eigenvalue weighted by Gasteiger charge is 2.31. The molecule has 0 bridgehead atoms. The van der Waals surface area contributed by atoms with Gasteiger partial charge in [0.25, 0.3) is 0 Å². The lowest BCUT2D eigenvalue weighted by atomic mass is 10.2. The summed E-state index contributed by atoms with van der Waals surface area (Å²) in [4.78, 5) is 25.4. The average molecular weight is 331 g/mol. The fourth-order valence-electron chi connectivity index (χ4n) is 2.62. The van der Waals surface area contributed by atoms with E-state index in [2.05, 4.69) is 10.6 Å².